The van der Waals surface area contributed by atoms with Gasteiger partial charge in [0.1, 0.15) is 36.8 Å². The van der Waals surface area contributed by atoms with Crippen LogP contribution in [-0.4, -0.2) is 71.1 Å². The minimum absolute atomic E-state index is 0. The zero-order valence-electron chi connectivity index (χ0n) is 22.2. The van der Waals surface area contributed by atoms with Crippen LogP contribution in [0.4, 0.5) is 35.1 Å². The molecule has 13 heteroatoms. The zero-order chi connectivity index (χ0) is 25.5. The first-order valence-electron chi connectivity index (χ1n) is 13.4. The largest absolute Gasteiger partial charge is 0.412 e. The molecule has 0 aliphatic heterocycles. The third-order valence-electron chi connectivity index (χ3n) is 9.41. The third-order valence-corrected chi connectivity index (χ3v) is 9.41. The average molecular weight is 591 g/mol. The SMILES string of the molecule is CC1CCC(C2CCC(C3CC(F)C(C(F)(F)OC4CC(F)C(F)C(F)C4)C(F)C3)C(F)C2)CC1.O.O.O.O. The molecular formula is C26H46F8O5. The maximum Gasteiger partial charge on any atom is 0.364 e. The monoisotopic (exact) mass is 590 g/mol. The van der Waals surface area contributed by atoms with Gasteiger partial charge in [0.05, 0.1) is 6.10 Å². The van der Waals surface area contributed by atoms with Crippen LogP contribution in [0.25, 0.3) is 0 Å². The van der Waals surface area contributed by atoms with Crippen molar-refractivity contribution in [3.05, 3.63) is 0 Å². The van der Waals surface area contributed by atoms with Crippen molar-refractivity contribution in [3.63, 3.8) is 0 Å². The quantitative estimate of drug-likeness (QED) is 0.420. The van der Waals surface area contributed by atoms with E-state index in [9.17, 15) is 30.7 Å². The molecule has 4 rings (SSSR count). The lowest BCUT2D eigenvalue weighted by Gasteiger charge is -2.45. The molecule has 4 aliphatic carbocycles. The van der Waals surface area contributed by atoms with Gasteiger partial charge in [0.15, 0.2) is 6.17 Å². The van der Waals surface area contributed by atoms with E-state index in [1.807, 2.05) is 0 Å². The summed E-state index contributed by atoms with van der Waals surface area (Å²) in [6.45, 7) is 2.22. The lowest BCUT2D eigenvalue weighted by molar-refractivity contribution is -0.323. The fraction of sp³-hybridized carbons (Fsp3) is 1.00. The van der Waals surface area contributed by atoms with Gasteiger partial charge in [-0.1, -0.05) is 19.8 Å². The fourth-order valence-electron chi connectivity index (χ4n) is 7.33. The lowest BCUT2D eigenvalue weighted by Crippen LogP contribution is -2.52. The second-order valence-electron chi connectivity index (χ2n) is 11.8. The smallest absolute Gasteiger partial charge is 0.364 e. The van der Waals surface area contributed by atoms with Crippen molar-refractivity contribution < 1.29 is 61.8 Å². The van der Waals surface area contributed by atoms with Gasteiger partial charge in [-0.05, 0) is 74.5 Å². The predicted molar refractivity (Wildman–Crippen MR) is 131 cm³/mol. The Morgan fingerprint density at radius 1 is 0.538 bits per heavy atom. The first kappa shape index (κ1) is 38.2. The number of halogens is 8. The molecule has 0 radical (unpaired) electrons. The molecular weight excluding hydrogens is 544 g/mol. The summed E-state index contributed by atoms with van der Waals surface area (Å²) >= 11 is 0. The lowest BCUT2D eigenvalue weighted by atomic mass is 9.64. The van der Waals surface area contributed by atoms with Gasteiger partial charge in [-0.2, -0.15) is 8.78 Å². The molecule has 0 spiro atoms. The Labute approximate surface area is 224 Å². The van der Waals surface area contributed by atoms with Crippen LogP contribution in [0, 0.1) is 35.5 Å². The van der Waals surface area contributed by atoms with Gasteiger partial charge in [0.25, 0.3) is 0 Å². The van der Waals surface area contributed by atoms with Gasteiger partial charge >= 0.3 is 6.11 Å². The highest BCUT2D eigenvalue weighted by Gasteiger charge is 2.57. The van der Waals surface area contributed by atoms with E-state index in [-0.39, 0.29) is 27.8 Å². The molecule has 4 aliphatic rings. The Morgan fingerprint density at radius 3 is 1.49 bits per heavy atom. The van der Waals surface area contributed by atoms with E-state index in [0.717, 1.165) is 32.1 Å². The molecule has 5 nitrogen and oxygen atoms in total. The molecule has 0 aromatic carbocycles. The van der Waals surface area contributed by atoms with Gasteiger partial charge < -0.3 is 26.6 Å². The Morgan fingerprint density at radius 2 is 1.00 bits per heavy atom. The maximum absolute atomic E-state index is 15.2. The molecule has 0 aromatic heterocycles. The normalized spacial score (nSPS) is 45.0. The summed E-state index contributed by atoms with van der Waals surface area (Å²) in [6.07, 6.45) is -15.1. The van der Waals surface area contributed by atoms with E-state index in [2.05, 4.69) is 11.7 Å². The minimum Gasteiger partial charge on any atom is -0.412 e. The van der Waals surface area contributed by atoms with Gasteiger partial charge in [0, 0.05) is 12.8 Å². The Bertz CT molecular complexity index is 677. The van der Waals surface area contributed by atoms with Crippen molar-refractivity contribution in [3.8, 4) is 0 Å². The molecule has 0 amide bonds. The topological polar surface area (TPSA) is 135 Å². The standard InChI is InChI=1S/C26H38F8O.4H2O/c1-13-2-4-14(5-3-13)15-6-7-18(19(27)8-15)16-9-20(28)24(21(29)10-16)26(33,34)35-17-11-22(30)25(32)23(31)12-17;;;;/h13-25H,2-12H2,1H3;4*1H2. The first-order valence-corrected chi connectivity index (χ1v) is 13.4. The molecule has 0 aromatic rings. The van der Waals surface area contributed by atoms with Crippen molar-refractivity contribution in [1.82, 2.24) is 0 Å². The van der Waals surface area contributed by atoms with E-state index in [0.29, 0.717) is 24.7 Å². The van der Waals surface area contributed by atoms with Gasteiger partial charge in [-0.3, -0.25) is 0 Å². The fourth-order valence-corrected chi connectivity index (χ4v) is 7.33. The van der Waals surface area contributed by atoms with Gasteiger partial charge in [0.2, 0.25) is 0 Å². The van der Waals surface area contributed by atoms with E-state index >= 15 is 4.39 Å². The van der Waals surface area contributed by atoms with E-state index < -0.39 is 92.7 Å². The van der Waals surface area contributed by atoms with Gasteiger partial charge in [-0.15, -0.1) is 0 Å². The van der Waals surface area contributed by atoms with Crippen molar-refractivity contribution in [2.75, 3.05) is 0 Å². The third kappa shape index (κ3) is 8.62. The van der Waals surface area contributed by atoms with Crippen LogP contribution in [0.1, 0.15) is 77.6 Å². The second kappa shape index (κ2) is 15.5. The van der Waals surface area contributed by atoms with Crippen LogP contribution in [0.2, 0.25) is 0 Å². The molecule has 236 valence electrons. The Hall–Kier alpha value is -0.760. The summed E-state index contributed by atoms with van der Waals surface area (Å²) in [5.41, 5.74) is 0. The zero-order valence-corrected chi connectivity index (χ0v) is 22.2. The number of alkyl halides is 8. The first-order chi connectivity index (χ1) is 16.5. The molecule has 7 atom stereocenters. The number of hydrogen-bond donors (Lipinski definition) is 0. The molecule has 0 bridgehead atoms. The molecule has 0 saturated heterocycles. The Balaban J connectivity index is 0.00000361. The van der Waals surface area contributed by atoms with E-state index in [1.54, 1.807) is 0 Å². The maximum atomic E-state index is 15.2. The Kier molecular flexibility index (Phi) is 15.2. The van der Waals surface area contributed by atoms with E-state index in [4.69, 9.17) is 0 Å². The minimum atomic E-state index is -4.30. The summed E-state index contributed by atoms with van der Waals surface area (Å²) in [4.78, 5) is 0. The van der Waals surface area contributed by atoms with Crippen molar-refractivity contribution in [2.45, 2.75) is 127 Å². The summed E-state index contributed by atoms with van der Waals surface area (Å²) in [6, 6.07) is 0. The van der Waals surface area contributed by atoms with Crippen LogP contribution in [0.5, 0.6) is 0 Å². The summed E-state index contributed by atoms with van der Waals surface area (Å²) in [7, 11) is 0. The molecule has 4 saturated carbocycles. The number of ether oxygens (including phenoxy) is 1. The summed E-state index contributed by atoms with van der Waals surface area (Å²) < 4.78 is 120. The highest BCUT2D eigenvalue weighted by atomic mass is 19.3. The van der Waals surface area contributed by atoms with E-state index in [1.165, 1.54) is 0 Å². The second-order valence-corrected chi connectivity index (χ2v) is 11.8. The highest BCUT2D eigenvalue weighted by Crippen LogP contribution is 2.50. The van der Waals surface area contributed by atoms with Crippen molar-refractivity contribution >= 4 is 0 Å². The molecule has 7 unspecified atom stereocenters. The van der Waals surface area contributed by atoms with Crippen LogP contribution in [0.3, 0.4) is 0 Å². The highest BCUT2D eigenvalue weighted by molar-refractivity contribution is 4.97. The number of rotatable bonds is 5. The average Bonchev–Trinajstić information content (AvgIpc) is 2.76. The molecule has 8 N–H and O–H groups in total. The van der Waals surface area contributed by atoms with Crippen LogP contribution >= 0.6 is 0 Å². The predicted octanol–water partition coefficient (Wildman–Crippen LogP) is 4.76. The van der Waals surface area contributed by atoms with Crippen molar-refractivity contribution in [1.29, 1.82) is 0 Å². The van der Waals surface area contributed by atoms with Crippen LogP contribution < -0.4 is 0 Å². The molecule has 0 heterocycles. The molecule has 39 heavy (non-hydrogen) atoms. The van der Waals surface area contributed by atoms with Crippen LogP contribution in [-0.2, 0) is 4.74 Å². The van der Waals surface area contributed by atoms with Crippen LogP contribution in [0.15, 0.2) is 0 Å². The molecule has 4 fully saturated rings. The number of hydrogen-bond acceptors (Lipinski definition) is 1. The summed E-state index contributed by atoms with van der Waals surface area (Å²) in [5.74, 6) is -2.22. The van der Waals surface area contributed by atoms with Crippen molar-refractivity contribution in [2.24, 2.45) is 35.5 Å². The van der Waals surface area contributed by atoms with Gasteiger partial charge in [-0.25, -0.2) is 26.3 Å². The summed E-state index contributed by atoms with van der Waals surface area (Å²) in [5, 5.41) is 0.